The molecule has 0 radical (unpaired) electrons. The molecule has 0 aliphatic heterocycles. The van der Waals surface area contributed by atoms with E-state index in [0.29, 0.717) is 32.3 Å². The fourth-order valence-electron chi connectivity index (χ4n) is 5.29. The Morgan fingerprint density at radius 2 is 1.81 bits per heavy atom. The fraction of sp³-hybridized carbons (Fsp3) is 0.515. The predicted molar refractivity (Wildman–Crippen MR) is 152 cm³/mol. The van der Waals surface area contributed by atoms with E-state index in [-0.39, 0.29) is 28.8 Å². The third-order valence-electron chi connectivity index (χ3n) is 7.56. The fourth-order valence-corrected chi connectivity index (χ4v) is 5.29. The molecule has 0 heterocycles. The number of ether oxygens (including phenoxy) is 1. The van der Waals surface area contributed by atoms with Gasteiger partial charge in [-0.2, -0.15) is 0 Å². The lowest BCUT2D eigenvalue weighted by Crippen LogP contribution is -2.27. The number of benzene rings is 2. The molecular weight excluding hydrogens is 460 g/mol. The van der Waals surface area contributed by atoms with Crippen LogP contribution in [0.2, 0.25) is 0 Å². The molecule has 1 saturated carbocycles. The summed E-state index contributed by atoms with van der Waals surface area (Å²) in [5.41, 5.74) is 3.36. The lowest BCUT2D eigenvalue weighted by molar-refractivity contribution is -0.126. The minimum Gasteiger partial charge on any atom is -0.489 e. The SMILES string of the molecule is C=C.CCCCCCC(C)(C)c1ccc([C@H]2CC(=O)CC[C@@H]2CC(=O)CO)c(OCc2ccccc2)c1. The Kier molecular flexibility index (Phi) is 12.8. The highest BCUT2D eigenvalue weighted by molar-refractivity contribution is 5.82. The molecule has 0 unspecified atom stereocenters. The van der Waals surface area contributed by atoms with E-state index in [1.165, 1.54) is 31.2 Å². The first kappa shape index (κ1) is 30.5. The standard InChI is InChI=1S/C31H42O4.C2H4/c1-4-5-6-10-17-31(2,3)25-14-16-28(30(19-25)35-22-23-11-8-7-9-12-23)29-20-26(33)15-13-24(29)18-27(34)21-32;1-2/h7-9,11-12,14,16,19,24,29,32H,4-6,10,13,15,17-18,20-22H2,1-3H3;1-2H2/t24-,29+;/m1./s1. The van der Waals surface area contributed by atoms with Gasteiger partial charge in [0.1, 0.15) is 24.7 Å². The van der Waals surface area contributed by atoms with E-state index in [1.54, 1.807) is 0 Å². The quantitative estimate of drug-likeness (QED) is 0.223. The normalized spacial score (nSPS) is 17.6. The van der Waals surface area contributed by atoms with E-state index in [0.717, 1.165) is 23.3 Å². The van der Waals surface area contributed by atoms with Crippen LogP contribution in [-0.2, 0) is 21.6 Å². The number of hydrogen-bond acceptors (Lipinski definition) is 4. The van der Waals surface area contributed by atoms with Gasteiger partial charge < -0.3 is 9.84 Å². The summed E-state index contributed by atoms with van der Waals surface area (Å²) >= 11 is 0. The Morgan fingerprint density at radius 3 is 2.49 bits per heavy atom. The Hall–Kier alpha value is -2.72. The molecule has 0 amide bonds. The smallest absolute Gasteiger partial charge is 0.158 e. The number of hydrogen-bond donors (Lipinski definition) is 1. The third-order valence-corrected chi connectivity index (χ3v) is 7.56. The number of aliphatic hydroxyl groups is 1. The minimum absolute atomic E-state index is 0.0196. The lowest BCUT2D eigenvalue weighted by Gasteiger charge is -2.33. The van der Waals surface area contributed by atoms with Crippen molar-refractivity contribution in [2.45, 2.75) is 96.5 Å². The zero-order chi connectivity index (χ0) is 27.3. The molecule has 202 valence electrons. The Bertz CT molecular complexity index is 979. The van der Waals surface area contributed by atoms with Crippen LogP contribution in [0.4, 0.5) is 0 Å². The van der Waals surface area contributed by atoms with Gasteiger partial charge in [0.2, 0.25) is 0 Å². The molecule has 2 aromatic carbocycles. The average molecular weight is 507 g/mol. The molecule has 2 aromatic rings. The summed E-state index contributed by atoms with van der Waals surface area (Å²) in [6.07, 6.45) is 7.96. The summed E-state index contributed by atoms with van der Waals surface area (Å²) in [6.45, 7) is 12.8. The number of aliphatic hydroxyl groups excluding tert-OH is 1. The van der Waals surface area contributed by atoms with E-state index in [1.807, 2.05) is 30.3 Å². The van der Waals surface area contributed by atoms with Crippen molar-refractivity contribution in [3.63, 3.8) is 0 Å². The van der Waals surface area contributed by atoms with E-state index in [9.17, 15) is 14.7 Å². The van der Waals surface area contributed by atoms with Crippen LogP contribution in [0.25, 0.3) is 0 Å². The summed E-state index contributed by atoms with van der Waals surface area (Å²) < 4.78 is 6.42. The number of carbonyl (C=O) groups excluding carboxylic acids is 2. The van der Waals surface area contributed by atoms with Crippen molar-refractivity contribution in [2.75, 3.05) is 6.61 Å². The maximum atomic E-state index is 12.5. The maximum absolute atomic E-state index is 12.5. The molecule has 1 fully saturated rings. The van der Waals surface area contributed by atoms with Gasteiger partial charge in [0.15, 0.2) is 5.78 Å². The molecule has 0 bridgehead atoms. The molecule has 0 spiro atoms. The first-order chi connectivity index (χ1) is 17.8. The minimum atomic E-state index is -0.445. The second kappa shape index (κ2) is 15.5. The van der Waals surface area contributed by atoms with Gasteiger partial charge in [0, 0.05) is 19.3 Å². The van der Waals surface area contributed by atoms with Gasteiger partial charge in [-0.1, -0.05) is 88.9 Å². The Labute approximate surface area is 224 Å². The topological polar surface area (TPSA) is 63.6 Å². The number of ketones is 2. The molecule has 1 N–H and O–H groups in total. The number of rotatable bonds is 13. The van der Waals surface area contributed by atoms with Gasteiger partial charge >= 0.3 is 0 Å². The lowest BCUT2D eigenvalue weighted by atomic mass is 9.71. The predicted octanol–water partition coefficient (Wildman–Crippen LogP) is 7.72. The van der Waals surface area contributed by atoms with Crippen molar-refractivity contribution in [3.8, 4) is 5.75 Å². The molecule has 1 aliphatic carbocycles. The third kappa shape index (κ3) is 9.27. The summed E-state index contributed by atoms with van der Waals surface area (Å²) in [6, 6.07) is 16.6. The van der Waals surface area contributed by atoms with Crippen molar-refractivity contribution in [2.24, 2.45) is 5.92 Å². The van der Waals surface area contributed by atoms with Crippen LogP contribution >= 0.6 is 0 Å². The monoisotopic (exact) mass is 506 g/mol. The van der Waals surface area contributed by atoms with Crippen LogP contribution in [0, 0.1) is 5.92 Å². The van der Waals surface area contributed by atoms with Gasteiger partial charge in [-0.3, -0.25) is 9.59 Å². The summed E-state index contributed by atoms with van der Waals surface area (Å²) in [7, 11) is 0. The first-order valence-electron chi connectivity index (χ1n) is 13.8. The molecule has 2 atom stereocenters. The zero-order valence-corrected chi connectivity index (χ0v) is 23.1. The van der Waals surface area contributed by atoms with E-state index >= 15 is 0 Å². The molecule has 4 heteroatoms. The molecule has 4 nitrogen and oxygen atoms in total. The molecule has 1 aliphatic rings. The zero-order valence-electron chi connectivity index (χ0n) is 23.1. The van der Waals surface area contributed by atoms with Crippen LogP contribution in [0.15, 0.2) is 61.7 Å². The molecule has 3 rings (SSSR count). The van der Waals surface area contributed by atoms with Gasteiger partial charge in [0.05, 0.1) is 0 Å². The largest absolute Gasteiger partial charge is 0.489 e. The number of Topliss-reactive ketones (excluding diaryl/α,β-unsaturated/α-hetero) is 2. The van der Waals surface area contributed by atoms with Gasteiger partial charge in [-0.05, 0) is 52.8 Å². The van der Waals surface area contributed by atoms with Gasteiger partial charge in [-0.15, -0.1) is 13.2 Å². The van der Waals surface area contributed by atoms with E-state index < -0.39 is 6.61 Å². The van der Waals surface area contributed by atoms with Crippen molar-refractivity contribution in [1.29, 1.82) is 0 Å². The van der Waals surface area contributed by atoms with Crippen molar-refractivity contribution < 1.29 is 19.4 Å². The highest BCUT2D eigenvalue weighted by atomic mass is 16.5. The van der Waals surface area contributed by atoms with Gasteiger partial charge in [-0.25, -0.2) is 0 Å². The number of carbonyl (C=O) groups is 2. The van der Waals surface area contributed by atoms with Crippen molar-refractivity contribution in [3.05, 3.63) is 78.4 Å². The second-order valence-corrected chi connectivity index (χ2v) is 10.8. The van der Waals surface area contributed by atoms with E-state index in [4.69, 9.17) is 4.74 Å². The van der Waals surface area contributed by atoms with Crippen molar-refractivity contribution in [1.82, 2.24) is 0 Å². The Morgan fingerprint density at radius 1 is 1.08 bits per heavy atom. The Balaban J connectivity index is 0.00000235. The summed E-state index contributed by atoms with van der Waals surface area (Å²) in [4.78, 5) is 24.6. The van der Waals surface area contributed by atoms with Crippen LogP contribution in [0.5, 0.6) is 5.75 Å². The molecule has 0 saturated heterocycles. The van der Waals surface area contributed by atoms with Crippen LogP contribution in [0.1, 0.15) is 101 Å². The molecule has 0 aromatic heterocycles. The van der Waals surface area contributed by atoms with Gasteiger partial charge in [0.25, 0.3) is 0 Å². The molecule has 37 heavy (non-hydrogen) atoms. The van der Waals surface area contributed by atoms with Crippen LogP contribution in [-0.4, -0.2) is 23.3 Å². The van der Waals surface area contributed by atoms with E-state index in [2.05, 4.69) is 52.1 Å². The summed E-state index contributed by atoms with van der Waals surface area (Å²) in [5.74, 6) is 0.857. The summed E-state index contributed by atoms with van der Waals surface area (Å²) in [5, 5.41) is 9.33. The molecular formula is C33H46O4. The van der Waals surface area contributed by atoms with Crippen molar-refractivity contribution >= 4 is 11.6 Å². The van der Waals surface area contributed by atoms with Crippen LogP contribution in [0.3, 0.4) is 0 Å². The van der Waals surface area contributed by atoms with Crippen LogP contribution < -0.4 is 4.74 Å². The maximum Gasteiger partial charge on any atom is 0.158 e. The number of unbranched alkanes of at least 4 members (excludes halogenated alkanes) is 3. The second-order valence-electron chi connectivity index (χ2n) is 10.8. The highest BCUT2D eigenvalue weighted by Gasteiger charge is 2.34. The highest BCUT2D eigenvalue weighted by Crippen LogP contribution is 2.44. The average Bonchev–Trinajstić information content (AvgIpc) is 2.92. The first-order valence-corrected chi connectivity index (χ1v) is 13.8.